The van der Waals surface area contributed by atoms with Crippen LogP contribution in [0.5, 0.6) is 0 Å². The zero-order chi connectivity index (χ0) is 10.2. The average Bonchev–Trinajstić information content (AvgIpc) is 2.05. The highest BCUT2D eigenvalue weighted by molar-refractivity contribution is 5.85. The van der Waals surface area contributed by atoms with E-state index in [2.05, 4.69) is 20.8 Å². The maximum atomic E-state index is 6.20. The van der Waals surface area contributed by atoms with Crippen molar-refractivity contribution in [1.82, 2.24) is 0 Å². The molecule has 0 unspecified atom stereocenters. The van der Waals surface area contributed by atoms with Crippen molar-refractivity contribution < 1.29 is 0 Å². The molecule has 0 rings (SSSR count). The zero-order valence-corrected chi connectivity index (χ0v) is 11.0. The Morgan fingerprint density at radius 3 is 1.50 bits per heavy atom. The predicted molar refractivity (Wildman–Crippen MR) is 68.1 cm³/mol. The van der Waals surface area contributed by atoms with Crippen LogP contribution in [-0.4, -0.2) is 5.54 Å². The quantitative estimate of drug-likeness (QED) is 0.609. The van der Waals surface area contributed by atoms with Gasteiger partial charge in [-0.05, 0) is 19.8 Å². The van der Waals surface area contributed by atoms with Crippen molar-refractivity contribution in [1.29, 1.82) is 0 Å². The summed E-state index contributed by atoms with van der Waals surface area (Å²) in [6, 6.07) is 0. The van der Waals surface area contributed by atoms with E-state index in [-0.39, 0.29) is 17.9 Å². The molecule has 2 N–H and O–H groups in total. The Balaban J connectivity index is 0. The molecule has 0 aliphatic rings. The minimum Gasteiger partial charge on any atom is -0.325 e. The van der Waals surface area contributed by atoms with E-state index in [4.69, 9.17) is 5.73 Å². The van der Waals surface area contributed by atoms with Gasteiger partial charge < -0.3 is 5.73 Å². The highest BCUT2D eigenvalue weighted by Gasteiger charge is 2.16. The molecule has 2 heteroatoms. The van der Waals surface area contributed by atoms with Gasteiger partial charge in [-0.2, -0.15) is 0 Å². The van der Waals surface area contributed by atoms with Gasteiger partial charge in [0.25, 0.3) is 0 Å². The molecule has 0 amide bonds. The monoisotopic (exact) mass is 221 g/mol. The van der Waals surface area contributed by atoms with Gasteiger partial charge >= 0.3 is 0 Å². The number of halogens is 1. The van der Waals surface area contributed by atoms with Crippen molar-refractivity contribution in [3.63, 3.8) is 0 Å². The van der Waals surface area contributed by atoms with Crippen molar-refractivity contribution >= 4 is 12.4 Å². The average molecular weight is 222 g/mol. The summed E-state index contributed by atoms with van der Waals surface area (Å²) in [6.07, 6.45) is 10.3. The molecule has 0 saturated carbocycles. The third-order valence-corrected chi connectivity index (χ3v) is 2.70. The number of hydrogen-bond acceptors (Lipinski definition) is 1. The lowest BCUT2D eigenvalue weighted by atomic mass is 9.90. The van der Waals surface area contributed by atoms with Gasteiger partial charge in [-0.15, -0.1) is 12.4 Å². The third kappa shape index (κ3) is 10.3. The lowest BCUT2D eigenvalue weighted by molar-refractivity contribution is 0.369. The van der Waals surface area contributed by atoms with Crippen molar-refractivity contribution in [2.24, 2.45) is 5.73 Å². The maximum Gasteiger partial charge on any atom is 0.0125 e. The second kappa shape index (κ2) is 9.79. The first kappa shape index (κ1) is 16.7. The fourth-order valence-corrected chi connectivity index (χ4v) is 1.68. The van der Waals surface area contributed by atoms with Gasteiger partial charge in [-0.25, -0.2) is 0 Å². The summed E-state index contributed by atoms with van der Waals surface area (Å²) < 4.78 is 0. The molecule has 0 aromatic rings. The fraction of sp³-hybridized carbons (Fsp3) is 1.00. The predicted octanol–water partition coefficient (Wildman–Crippen LogP) is 4.29. The smallest absolute Gasteiger partial charge is 0.0125 e. The van der Waals surface area contributed by atoms with E-state index in [1.54, 1.807) is 0 Å². The molecule has 0 aromatic heterocycles. The van der Waals surface area contributed by atoms with E-state index in [1.807, 2.05) is 0 Å². The van der Waals surface area contributed by atoms with Gasteiger partial charge in [0.1, 0.15) is 0 Å². The summed E-state index contributed by atoms with van der Waals surface area (Å²) in [6.45, 7) is 6.69. The normalized spacial score (nSPS) is 11.1. The molecular weight excluding hydrogens is 194 g/mol. The molecule has 0 spiro atoms. The molecule has 0 aliphatic carbocycles. The van der Waals surface area contributed by atoms with E-state index in [0.29, 0.717) is 0 Å². The largest absolute Gasteiger partial charge is 0.325 e. The van der Waals surface area contributed by atoms with Crippen molar-refractivity contribution in [3.8, 4) is 0 Å². The van der Waals surface area contributed by atoms with Crippen LogP contribution in [0.25, 0.3) is 0 Å². The number of nitrogens with two attached hydrogens (primary N) is 1. The molecule has 88 valence electrons. The second-order valence-electron chi connectivity index (χ2n) is 4.57. The van der Waals surface area contributed by atoms with E-state index >= 15 is 0 Å². The summed E-state index contributed by atoms with van der Waals surface area (Å²) in [7, 11) is 0. The number of unbranched alkanes of at least 4 members (excludes halogenated alkanes) is 4. The van der Waals surface area contributed by atoms with Crippen LogP contribution in [0.4, 0.5) is 0 Å². The molecular formula is C12H28ClN. The molecule has 0 radical (unpaired) electrons. The maximum absolute atomic E-state index is 6.20. The Morgan fingerprint density at radius 2 is 1.21 bits per heavy atom. The van der Waals surface area contributed by atoms with E-state index in [1.165, 1.54) is 51.4 Å². The number of hydrogen-bond donors (Lipinski definition) is 1. The zero-order valence-electron chi connectivity index (χ0n) is 10.1. The van der Waals surface area contributed by atoms with Gasteiger partial charge in [0.15, 0.2) is 0 Å². The van der Waals surface area contributed by atoms with E-state index < -0.39 is 0 Å². The minimum absolute atomic E-state index is 0. The van der Waals surface area contributed by atoms with Crippen LogP contribution >= 0.6 is 12.4 Å². The van der Waals surface area contributed by atoms with Crippen LogP contribution in [0.1, 0.15) is 72.1 Å². The first-order chi connectivity index (χ1) is 6.12. The Bertz CT molecular complexity index is 101. The Labute approximate surface area is 96.2 Å². The summed E-state index contributed by atoms with van der Waals surface area (Å²) in [4.78, 5) is 0. The molecule has 0 aliphatic heterocycles. The lowest BCUT2D eigenvalue weighted by Gasteiger charge is -2.24. The van der Waals surface area contributed by atoms with Crippen molar-refractivity contribution in [3.05, 3.63) is 0 Å². The standard InChI is InChI=1S/C12H27N.ClH/c1-4-6-8-10-12(3,13)11-9-7-5-2;/h4-11,13H2,1-3H3;1H. The van der Waals surface area contributed by atoms with Gasteiger partial charge in [-0.3, -0.25) is 0 Å². The number of rotatable bonds is 8. The fourth-order valence-electron chi connectivity index (χ4n) is 1.68. The SMILES string of the molecule is CCCCCC(C)(N)CCCCC.Cl. The first-order valence-electron chi connectivity index (χ1n) is 5.91. The highest BCUT2D eigenvalue weighted by atomic mass is 35.5. The van der Waals surface area contributed by atoms with E-state index in [9.17, 15) is 0 Å². The molecule has 0 bridgehead atoms. The van der Waals surface area contributed by atoms with Gasteiger partial charge in [-0.1, -0.05) is 52.4 Å². The Hall–Kier alpha value is 0.250. The van der Waals surface area contributed by atoms with Gasteiger partial charge in [0.05, 0.1) is 0 Å². The van der Waals surface area contributed by atoms with E-state index in [0.717, 1.165) is 0 Å². The molecule has 14 heavy (non-hydrogen) atoms. The molecule has 0 aromatic carbocycles. The first-order valence-corrected chi connectivity index (χ1v) is 5.91. The second-order valence-corrected chi connectivity index (χ2v) is 4.57. The Morgan fingerprint density at radius 1 is 0.857 bits per heavy atom. The summed E-state index contributed by atoms with van der Waals surface area (Å²) in [5.41, 5.74) is 6.30. The summed E-state index contributed by atoms with van der Waals surface area (Å²) >= 11 is 0. The van der Waals surface area contributed by atoms with Crippen LogP contribution < -0.4 is 5.73 Å². The van der Waals surface area contributed by atoms with Crippen LogP contribution in [-0.2, 0) is 0 Å². The molecule has 0 atom stereocenters. The van der Waals surface area contributed by atoms with Crippen LogP contribution in [0.15, 0.2) is 0 Å². The van der Waals surface area contributed by atoms with Crippen molar-refractivity contribution in [2.45, 2.75) is 77.7 Å². The highest BCUT2D eigenvalue weighted by Crippen LogP contribution is 2.18. The van der Waals surface area contributed by atoms with Crippen molar-refractivity contribution in [2.75, 3.05) is 0 Å². The van der Waals surface area contributed by atoms with Crippen LogP contribution in [0, 0.1) is 0 Å². The molecule has 0 heterocycles. The third-order valence-electron chi connectivity index (χ3n) is 2.70. The topological polar surface area (TPSA) is 26.0 Å². The summed E-state index contributed by atoms with van der Waals surface area (Å²) in [5, 5.41) is 0. The molecule has 0 saturated heterocycles. The van der Waals surface area contributed by atoms with Gasteiger partial charge in [0.2, 0.25) is 0 Å². The lowest BCUT2D eigenvalue weighted by Crippen LogP contribution is -2.35. The van der Waals surface area contributed by atoms with Crippen LogP contribution in [0.3, 0.4) is 0 Å². The molecule has 0 fully saturated rings. The Kier molecular flexibility index (Phi) is 11.7. The minimum atomic E-state index is 0. The summed E-state index contributed by atoms with van der Waals surface area (Å²) in [5.74, 6) is 0. The van der Waals surface area contributed by atoms with Crippen LogP contribution in [0.2, 0.25) is 0 Å². The van der Waals surface area contributed by atoms with Gasteiger partial charge in [0, 0.05) is 5.54 Å². The molecule has 1 nitrogen and oxygen atoms in total.